The van der Waals surface area contributed by atoms with Crippen molar-refractivity contribution in [1.29, 1.82) is 0 Å². The zero-order valence-corrected chi connectivity index (χ0v) is 13.7. The molecule has 0 unspecified atom stereocenters. The summed E-state index contributed by atoms with van der Waals surface area (Å²) in [5, 5.41) is 23.2. The summed E-state index contributed by atoms with van der Waals surface area (Å²) < 4.78 is 7.24. The van der Waals surface area contributed by atoms with Crippen molar-refractivity contribution < 1.29 is 19.7 Å². The Bertz CT molecular complexity index is 755. The first-order valence-corrected chi connectivity index (χ1v) is 8.39. The maximum absolute atomic E-state index is 11.2. The van der Waals surface area contributed by atoms with E-state index in [0.29, 0.717) is 11.2 Å². The van der Waals surface area contributed by atoms with Gasteiger partial charge < -0.3 is 26.0 Å². The van der Waals surface area contributed by atoms with Crippen molar-refractivity contribution in [3.8, 4) is 0 Å². The van der Waals surface area contributed by atoms with Crippen LogP contribution in [-0.4, -0.2) is 66.1 Å². The molecule has 0 spiro atoms. The van der Waals surface area contributed by atoms with Crippen LogP contribution in [0.2, 0.25) is 0 Å². The number of anilines is 1. The molecule has 0 aromatic carbocycles. The number of fused-ring (bicyclic) bond motifs is 1. The van der Waals surface area contributed by atoms with Gasteiger partial charge in [-0.15, -0.1) is 11.8 Å². The highest BCUT2D eigenvalue weighted by Gasteiger charge is 2.47. The van der Waals surface area contributed by atoms with Crippen LogP contribution in [0.15, 0.2) is 12.7 Å². The molecule has 24 heavy (non-hydrogen) atoms. The van der Waals surface area contributed by atoms with E-state index in [1.165, 1.54) is 31.5 Å². The van der Waals surface area contributed by atoms with Crippen molar-refractivity contribution in [1.82, 2.24) is 24.8 Å². The Morgan fingerprint density at radius 1 is 1.58 bits per heavy atom. The van der Waals surface area contributed by atoms with Crippen LogP contribution >= 0.6 is 11.8 Å². The van der Waals surface area contributed by atoms with Crippen LogP contribution < -0.4 is 11.1 Å². The van der Waals surface area contributed by atoms with Gasteiger partial charge in [0.2, 0.25) is 11.7 Å². The number of nitrogens with zero attached hydrogens (tertiary/aromatic N) is 4. The molecule has 2 aromatic heterocycles. The van der Waals surface area contributed by atoms with E-state index in [4.69, 9.17) is 10.5 Å². The number of imidazole rings is 1. The number of nitrogens with one attached hydrogen (secondary N) is 1. The smallest absolute Gasteiger partial charge is 0.229 e. The molecule has 1 fully saturated rings. The highest BCUT2D eigenvalue weighted by atomic mass is 32.2. The van der Waals surface area contributed by atoms with E-state index < -0.39 is 18.1 Å². The highest BCUT2D eigenvalue weighted by Crippen LogP contribution is 2.38. The fourth-order valence-corrected chi connectivity index (χ4v) is 3.47. The largest absolute Gasteiger partial charge is 0.387 e. The summed E-state index contributed by atoms with van der Waals surface area (Å²) >= 11 is 1.17. The standard InChI is InChI=1S/C13H18N6O4S/c1-15-8(21)3-24-4-13(22)7(20)2-9(23-13)19-6-18-10-11(14)16-5-17-12(10)19/h5-7,9,20,22H,2-4H2,1H3,(H,15,21)(H2,14,16,17)/t7-,9+,13+/m0/s1. The molecule has 3 rings (SSSR count). The summed E-state index contributed by atoms with van der Waals surface area (Å²) in [6, 6.07) is 0. The number of aliphatic hydroxyl groups excluding tert-OH is 1. The lowest BCUT2D eigenvalue weighted by molar-refractivity contribution is -0.220. The lowest BCUT2D eigenvalue weighted by Gasteiger charge is -2.25. The molecule has 5 N–H and O–H groups in total. The SMILES string of the molecule is CNC(=O)CSC[C@@]1(O)O[C@@H](n2cnc3c(N)ncnc32)C[C@@H]1O. The quantitative estimate of drug-likeness (QED) is 0.522. The molecule has 2 aromatic rings. The fraction of sp³-hybridized carbons (Fsp3) is 0.538. The maximum atomic E-state index is 11.2. The van der Waals surface area contributed by atoms with E-state index in [9.17, 15) is 15.0 Å². The Labute approximate surface area is 141 Å². The van der Waals surface area contributed by atoms with Gasteiger partial charge >= 0.3 is 0 Å². The maximum Gasteiger partial charge on any atom is 0.229 e. The molecule has 1 saturated heterocycles. The van der Waals surface area contributed by atoms with E-state index >= 15 is 0 Å². The second-order valence-corrected chi connectivity index (χ2v) is 6.40. The molecule has 11 heteroatoms. The van der Waals surface area contributed by atoms with Gasteiger partial charge in [-0.2, -0.15) is 0 Å². The number of hydrogen-bond donors (Lipinski definition) is 4. The van der Waals surface area contributed by atoms with Gasteiger partial charge in [-0.1, -0.05) is 0 Å². The highest BCUT2D eigenvalue weighted by molar-refractivity contribution is 8.00. The number of thioether (sulfide) groups is 1. The topological polar surface area (TPSA) is 148 Å². The van der Waals surface area contributed by atoms with E-state index in [0.717, 1.165) is 0 Å². The Morgan fingerprint density at radius 3 is 3.12 bits per heavy atom. The summed E-state index contributed by atoms with van der Waals surface area (Å²) in [6.45, 7) is 0. The van der Waals surface area contributed by atoms with Gasteiger partial charge in [-0.25, -0.2) is 15.0 Å². The van der Waals surface area contributed by atoms with Crippen molar-refractivity contribution >= 4 is 34.7 Å². The van der Waals surface area contributed by atoms with Crippen LogP contribution in [0, 0.1) is 0 Å². The van der Waals surface area contributed by atoms with Crippen LogP contribution in [-0.2, 0) is 9.53 Å². The normalized spacial score (nSPS) is 26.8. The number of ether oxygens (including phenoxy) is 1. The van der Waals surface area contributed by atoms with Gasteiger partial charge in [0.15, 0.2) is 11.5 Å². The summed E-state index contributed by atoms with van der Waals surface area (Å²) in [4.78, 5) is 23.4. The number of carbonyl (C=O) groups excluding carboxylic acids is 1. The number of nitrogen functional groups attached to an aromatic ring is 1. The van der Waals surface area contributed by atoms with Gasteiger partial charge in [0, 0.05) is 13.5 Å². The van der Waals surface area contributed by atoms with Gasteiger partial charge in [-0.05, 0) is 0 Å². The Kier molecular flexibility index (Phi) is 4.58. The zero-order valence-electron chi connectivity index (χ0n) is 12.9. The van der Waals surface area contributed by atoms with Crippen LogP contribution in [0.25, 0.3) is 11.2 Å². The second-order valence-electron chi connectivity index (χ2n) is 5.42. The molecule has 130 valence electrons. The minimum Gasteiger partial charge on any atom is -0.387 e. The summed E-state index contributed by atoms with van der Waals surface area (Å²) in [7, 11) is 1.53. The number of hydrogen-bond acceptors (Lipinski definition) is 9. The fourth-order valence-electron chi connectivity index (χ4n) is 2.48. The first-order chi connectivity index (χ1) is 11.4. The average Bonchev–Trinajstić information content (AvgIpc) is 3.10. The van der Waals surface area contributed by atoms with Crippen LogP contribution in [0.5, 0.6) is 0 Å². The van der Waals surface area contributed by atoms with Crippen molar-refractivity contribution in [2.45, 2.75) is 24.5 Å². The molecule has 0 aliphatic carbocycles. The third kappa shape index (κ3) is 3.02. The van der Waals surface area contributed by atoms with Crippen molar-refractivity contribution in [2.24, 2.45) is 0 Å². The Hall–Kier alpha value is -1.95. The molecule has 0 radical (unpaired) electrons. The van der Waals surface area contributed by atoms with E-state index in [1.54, 1.807) is 4.57 Å². The van der Waals surface area contributed by atoms with E-state index in [2.05, 4.69) is 20.3 Å². The zero-order chi connectivity index (χ0) is 17.3. The monoisotopic (exact) mass is 354 g/mol. The molecular formula is C13H18N6O4S. The predicted octanol–water partition coefficient (Wildman–Crippen LogP) is -1.14. The number of aliphatic hydroxyl groups is 2. The molecule has 1 aliphatic rings. The number of aromatic nitrogens is 4. The minimum atomic E-state index is -1.75. The predicted molar refractivity (Wildman–Crippen MR) is 86.8 cm³/mol. The third-order valence-electron chi connectivity index (χ3n) is 3.80. The minimum absolute atomic E-state index is 0.0574. The van der Waals surface area contributed by atoms with Crippen molar-refractivity contribution in [2.75, 3.05) is 24.3 Å². The van der Waals surface area contributed by atoms with Gasteiger partial charge in [0.05, 0.1) is 17.8 Å². The average molecular weight is 354 g/mol. The molecular weight excluding hydrogens is 336 g/mol. The van der Waals surface area contributed by atoms with Crippen LogP contribution in [0.4, 0.5) is 5.82 Å². The first kappa shape index (κ1) is 16.9. The lowest BCUT2D eigenvalue weighted by atomic mass is 10.1. The van der Waals surface area contributed by atoms with Crippen molar-refractivity contribution in [3.63, 3.8) is 0 Å². The second kappa shape index (κ2) is 6.51. The number of amides is 1. The number of rotatable bonds is 5. The van der Waals surface area contributed by atoms with Crippen LogP contribution in [0.3, 0.4) is 0 Å². The lowest BCUT2D eigenvalue weighted by Crippen LogP contribution is -2.42. The molecule has 1 amide bonds. The van der Waals surface area contributed by atoms with E-state index in [1.807, 2.05) is 0 Å². The summed E-state index contributed by atoms with van der Waals surface area (Å²) in [5.74, 6) is -1.45. The number of nitrogens with two attached hydrogens (primary N) is 1. The van der Waals surface area contributed by atoms with Gasteiger partial charge in [0.1, 0.15) is 24.2 Å². The number of carbonyl (C=O) groups is 1. The molecule has 10 nitrogen and oxygen atoms in total. The van der Waals surface area contributed by atoms with Crippen LogP contribution in [0.1, 0.15) is 12.6 Å². The molecule has 1 aliphatic heterocycles. The van der Waals surface area contributed by atoms with E-state index in [-0.39, 0.29) is 29.7 Å². The molecule has 3 atom stereocenters. The molecule has 3 heterocycles. The molecule has 0 bridgehead atoms. The summed E-state index contributed by atoms with van der Waals surface area (Å²) in [6.07, 6.45) is 1.21. The first-order valence-electron chi connectivity index (χ1n) is 7.24. The Morgan fingerprint density at radius 2 is 2.38 bits per heavy atom. The van der Waals surface area contributed by atoms with Gasteiger partial charge in [0.25, 0.3) is 0 Å². The summed E-state index contributed by atoms with van der Waals surface area (Å²) in [5.41, 5.74) is 6.64. The van der Waals surface area contributed by atoms with Gasteiger partial charge in [-0.3, -0.25) is 9.36 Å². The molecule has 0 saturated carbocycles. The Balaban J connectivity index is 1.74. The van der Waals surface area contributed by atoms with Crippen molar-refractivity contribution in [3.05, 3.63) is 12.7 Å². The third-order valence-corrected chi connectivity index (χ3v) is 4.89.